The monoisotopic (exact) mass is 407 g/mol. The fraction of sp³-hybridized carbons (Fsp3) is 0.250. The molecule has 2 N–H and O–H groups in total. The van der Waals surface area contributed by atoms with Gasteiger partial charge in [-0.1, -0.05) is 24.3 Å². The van der Waals surface area contributed by atoms with Crippen LogP contribution in [0.1, 0.15) is 32.9 Å². The summed E-state index contributed by atoms with van der Waals surface area (Å²) in [5, 5.41) is 5.58. The van der Waals surface area contributed by atoms with Crippen LogP contribution in [0.2, 0.25) is 0 Å². The first-order chi connectivity index (χ1) is 14.3. The van der Waals surface area contributed by atoms with Crippen LogP contribution in [0.5, 0.6) is 0 Å². The van der Waals surface area contributed by atoms with Crippen LogP contribution in [0.25, 0.3) is 5.69 Å². The number of nitrogens with one attached hydrogen (secondary N) is 2. The Bertz CT molecular complexity index is 1070. The summed E-state index contributed by atoms with van der Waals surface area (Å²) < 4.78 is 15.2. The zero-order valence-corrected chi connectivity index (χ0v) is 17.5. The van der Waals surface area contributed by atoms with Gasteiger partial charge in [0, 0.05) is 30.2 Å². The molecule has 3 aromatic rings. The molecule has 1 aromatic heterocycles. The minimum atomic E-state index is -0.365. The maximum absolute atomic E-state index is 13.2. The number of hydrogen-bond donors (Lipinski definition) is 2. The van der Waals surface area contributed by atoms with Crippen molar-refractivity contribution in [2.24, 2.45) is 0 Å². The summed E-state index contributed by atoms with van der Waals surface area (Å²) in [5.74, 6) is -0.760. The third-order valence-electron chi connectivity index (χ3n) is 4.92. The number of benzene rings is 2. The summed E-state index contributed by atoms with van der Waals surface area (Å²) in [6.45, 7) is 6.54. The van der Waals surface area contributed by atoms with E-state index in [9.17, 15) is 14.0 Å². The Hall–Kier alpha value is -3.41. The zero-order chi connectivity index (χ0) is 21.7. The lowest BCUT2D eigenvalue weighted by atomic mass is 10.1. The molecule has 0 radical (unpaired) electrons. The third kappa shape index (κ3) is 5.14. The van der Waals surface area contributed by atoms with E-state index in [-0.39, 0.29) is 24.1 Å². The normalized spacial score (nSPS) is 10.7. The predicted octanol–water partition coefficient (Wildman–Crippen LogP) is 3.63. The Kier molecular flexibility index (Phi) is 6.67. The van der Waals surface area contributed by atoms with Gasteiger partial charge >= 0.3 is 0 Å². The topological polar surface area (TPSA) is 63.1 Å². The van der Waals surface area contributed by atoms with Crippen molar-refractivity contribution in [2.45, 2.75) is 27.2 Å². The molecule has 5 nitrogen and oxygen atoms in total. The Morgan fingerprint density at radius 1 is 0.933 bits per heavy atom. The van der Waals surface area contributed by atoms with Gasteiger partial charge in [0.05, 0.1) is 12.0 Å². The molecule has 0 fully saturated rings. The molecule has 0 unspecified atom stereocenters. The molecule has 156 valence electrons. The van der Waals surface area contributed by atoms with E-state index in [0.717, 1.165) is 22.6 Å². The molecule has 0 aliphatic carbocycles. The predicted molar refractivity (Wildman–Crippen MR) is 115 cm³/mol. The van der Waals surface area contributed by atoms with Crippen molar-refractivity contribution in [1.29, 1.82) is 0 Å². The van der Waals surface area contributed by atoms with E-state index in [1.165, 1.54) is 12.1 Å². The smallest absolute Gasteiger partial charge is 0.253 e. The Morgan fingerprint density at radius 2 is 1.67 bits per heavy atom. The number of amides is 2. The van der Waals surface area contributed by atoms with E-state index in [0.29, 0.717) is 24.2 Å². The number of carbonyl (C=O) groups excluding carboxylic acids is 2. The highest BCUT2D eigenvalue weighted by atomic mass is 19.1. The van der Waals surface area contributed by atoms with Gasteiger partial charge in [0.1, 0.15) is 5.82 Å². The van der Waals surface area contributed by atoms with Crippen molar-refractivity contribution in [1.82, 2.24) is 15.2 Å². The van der Waals surface area contributed by atoms with Crippen LogP contribution in [0.15, 0.2) is 54.6 Å². The average molecular weight is 407 g/mol. The minimum absolute atomic E-state index is 0.101. The number of aromatic nitrogens is 1. The fourth-order valence-electron chi connectivity index (χ4n) is 3.53. The lowest BCUT2D eigenvalue weighted by Crippen LogP contribution is -2.35. The van der Waals surface area contributed by atoms with Gasteiger partial charge < -0.3 is 15.2 Å². The van der Waals surface area contributed by atoms with E-state index in [4.69, 9.17) is 0 Å². The van der Waals surface area contributed by atoms with Gasteiger partial charge in [0.25, 0.3) is 5.91 Å². The maximum Gasteiger partial charge on any atom is 0.253 e. The molecule has 0 aliphatic heterocycles. The van der Waals surface area contributed by atoms with Gasteiger partial charge in [0.2, 0.25) is 5.91 Å². The minimum Gasteiger partial charge on any atom is -0.354 e. The zero-order valence-electron chi connectivity index (χ0n) is 17.5. The Labute approximate surface area is 175 Å². The van der Waals surface area contributed by atoms with Gasteiger partial charge in [-0.05, 0) is 62.2 Å². The lowest BCUT2D eigenvalue weighted by Gasteiger charge is -2.11. The van der Waals surface area contributed by atoms with Crippen molar-refractivity contribution < 1.29 is 14.0 Å². The molecular formula is C24H26FN3O2. The summed E-state index contributed by atoms with van der Waals surface area (Å²) >= 11 is 0. The van der Waals surface area contributed by atoms with Crippen molar-refractivity contribution in [3.8, 4) is 5.69 Å². The largest absolute Gasteiger partial charge is 0.354 e. The van der Waals surface area contributed by atoms with Crippen LogP contribution in [-0.2, 0) is 11.2 Å². The van der Waals surface area contributed by atoms with Gasteiger partial charge in [0.15, 0.2) is 0 Å². The average Bonchev–Trinajstić information content (AvgIpc) is 2.99. The van der Waals surface area contributed by atoms with E-state index in [1.807, 2.05) is 45.0 Å². The summed E-state index contributed by atoms with van der Waals surface area (Å²) in [6, 6.07) is 16.0. The molecule has 0 spiro atoms. The van der Waals surface area contributed by atoms with E-state index < -0.39 is 0 Å². The van der Waals surface area contributed by atoms with Crippen molar-refractivity contribution >= 4 is 11.8 Å². The fourth-order valence-corrected chi connectivity index (χ4v) is 3.53. The molecule has 3 rings (SSSR count). The van der Waals surface area contributed by atoms with Gasteiger partial charge in [-0.2, -0.15) is 0 Å². The molecule has 0 atom stereocenters. The van der Waals surface area contributed by atoms with Crippen molar-refractivity contribution in [3.63, 3.8) is 0 Å². The number of nitrogens with zero attached hydrogens (tertiary/aromatic N) is 1. The SMILES string of the molecule is Cc1cccc(-n2c(C)cc(C(=O)NCCNC(=O)Cc3cccc(F)c3)c2C)c1. The number of carbonyl (C=O) groups is 2. The van der Waals surface area contributed by atoms with Crippen molar-refractivity contribution in [2.75, 3.05) is 13.1 Å². The highest BCUT2D eigenvalue weighted by Crippen LogP contribution is 2.21. The van der Waals surface area contributed by atoms with Gasteiger partial charge in [-0.3, -0.25) is 9.59 Å². The molecular weight excluding hydrogens is 381 g/mol. The second-order valence-corrected chi connectivity index (χ2v) is 7.37. The highest BCUT2D eigenvalue weighted by Gasteiger charge is 2.16. The van der Waals surface area contributed by atoms with E-state index in [1.54, 1.807) is 12.1 Å². The molecule has 2 amide bonds. The van der Waals surface area contributed by atoms with E-state index >= 15 is 0 Å². The molecule has 0 saturated heterocycles. The van der Waals surface area contributed by atoms with Crippen LogP contribution >= 0.6 is 0 Å². The van der Waals surface area contributed by atoms with E-state index in [2.05, 4.69) is 21.3 Å². The Morgan fingerprint density at radius 3 is 2.40 bits per heavy atom. The molecule has 0 bridgehead atoms. The highest BCUT2D eigenvalue weighted by molar-refractivity contribution is 5.96. The molecule has 2 aromatic carbocycles. The Balaban J connectivity index is 1.54. The molecule has 0 aliphatic rings. The number of rotatable bonds is 7. The summed E-state index contributed by atoms with van der Waals surface area (Å²) in [4.78, 5) is 24.6. The first kappa shape index (κ1) is 21.3. The van der Waals surface area contributed by atoms with Crippen LogP contribution in [0.4, 0.5) is 4.39 Å². The standard InChI is InChI=1S/C24H26FN3O2/c1-16-6-4-9-21(12-16)28-17(2)13-22(18(28)3)24(30)27-11-10-26-23(29)15-19-7-5-8-20(25)14-19/h4-9,12-14H,10-11,15H2,1-3H3,(H,26,29)(H,27,30). The molecule has 0 saturated carbocycles. The van der Waals surface area contributed by atoms with Crippen LogP contribution in [0, 0.1) is 26.6 Å². The summed E-state index contributed by atoms with van der Waals surface area (Å²) in [7, 11) is 0. The number of aryl methyl sites for hydroxylation is 2. The van der Waals surface area contributed by atoms with Crippen molar-refractivity contribution in [3.05, 3.63) is 88.5 Å². The summed E-state index contributed by atoms with van der Waals surface area (Å²) in [6.07, 6.45) is 0.101. The molecule has 30 heavy (non-hydrogen) atoms. The van der Waals surface area contributed by atoms with Crippen LogP contribution < -0.4 is 10.6 Å². The number of hydrogen-bond acceptors (Lipinski definition) is 2. The number of halogens is 1. The second kappa shape index (κ2) is 9.39. The quantitative estimate of drug-likeness (QED) is 0.588. The molecule has 6 heteroatoms. The summed E-state index contributed by atoms with van der Waals surface area (Å²) in [5.41, 5.74) is 5.24. The lowest BCUT2D eigenvalue weighted by molar-refractivity contribution is -0.120. The second-order valence-electron chi connectivity index (χ2n) is 7.37. The van der Waals surface area contributed by atoms with Gasteiger partial charge in [-0.25, -0.2) is 4.39 Å². The maximum atomic E-state index is 13.2. The first-order valence-electron chi connectivity index (χ1n) is 9.90. The van der Waals surface area contributed by atoms with Crippen LogP contribution in [0.3, 0.4) is 0 Å². The third-order valence-corrected chi connectivity index (χ3v) is 4.92. The first-order valence-corrected chi connectivity index (χ1v) is 9.90. The van der Waals surface area contributed by atoms with Gasteiger partial charge in [-0.15, -0.1) is 0 Å². The molecule has 1 heterocycles. The van der Waals surface area contributed by atoms with Crippen LogP contribution in [-0.4, -0.2) is 29.5 Å².